The number of anilines is 2. The van der Waals surface area contributed by atoms with E-state index < -0.39 is 0 Å². The van der Waals surface area contributed by atoms with Gasteiger partial charge in [-0.2, -0.15) is 5.10 Å². The summed E-state index contributed by atoms with van der Waals surface area (Å²) in [6.45, 7) is 0. The molecule has 3 aromatic rings. The summed E-state index contributed by atoms with van der Waals surface area (Å²) in [7, 11) is 3.48. The third-order valence-electron chi connectivity index (χ3n) is 4.27. The first-order chi connectivity index (χ1) is 12.5. The zero-order valence-electron chi connectivity index (χ0n) is 14.3. The van der Waals surface area contributed by atoms with Crippen molar-refractivity contribution in [2.75, 3.05) is 17.3 Å². The zero-order chi connectivity index (χ0) is 18.3. The van der Waals surface area contributed by atoms with E-state index in [4.69, 9.17) is 0 Å². The molecule has 0 fully saturated rings. The Balaban J connectivity index is 1.69. The number of nitrogens with zero attached hydrogens (tertiary/aromatic N) is 3. The number of benzene rings is 2. The molecule has 0 atom stereocenters. The Kier molecular flexibility index (Phi) is 4.00. The monoisotopic (exact) mass is 364 g/mol. The number of hydrogen-bond acceptors (Lipinski definition) is 4. The number of carbonyl (C=O) groups excluding carboxylic acids is 2. The average molecular weight is 364 g/mol. The van der Waals surface area contributed by atoms with Crippen LogP contribution in [0.5, 0.6) is 0 Å². The molecule has 0 saturated carbocycles. The first kappa shape index (κ1) is 16.4. The van der Waals surface area contributed by atoms with E-state index in [-0.39, 0.29) is 11.8 Å². The number of rotatable bonds is 2. The van der Waals surface area contributed by atoms with E-state index in [1.54, 1.807) is 37.3 Å². The molecule has 0 unspecified atom stereocenters. The summed E-state index contributed by atoms with van der Waals surface area (Å²) >= 11 is 1.52. The number of hydrogen-bond donors (Lipinski definition) is 1. The minimum atomic E-state index is -0.228. The fourth-order valence-electron chi connectivity index (χ4n) is 2.88. The van der Waals surface area contributed by atoms with E-state index in [1.165, 1.54) is 16.4 Å². The van der Waals surface area contributed by atoms with Gasteiger partial charge in [0.25, 0.3) is 11.8 Å². The summed E-state index contributed by atoms with van der Waals surface area (Å²) in [6.07, 6.45) is 1.58. The van der Waals surface area contributed by atoms with Crippen LogP contribution in [0.4, 0.5) is 11.4 Å². The van der Waals surface area contributed by atoms with Crippen LogP contribution in [0.3, 0.4) is 0 Å². The summed E-state index contributed by atoms with van der Waals surface area (Å²) < 4.78 is 1.52. The number of amides is 2. The minimum Gasteiger partial charge on any atom is -0.321 e. The van der Waals surface area contributed by atoms with Crippen molar-refractivity contribution in [2.24, 2.45) is 7.05 Å². The standard InChI is InChI=1S/C19H16N4O2S/c1-22-14-8-7-12(21-18(24)15-9-10-20-23(15)2)11-17(14)26-16-6-4-3-5-13(16)19(22)25/h3-11H,1-2H3,(H,21,24). The largest absolute Gasteiger partial charge is 0.321 e. The van der Waals surface area contributed by atoms with Crippen molar-refractivity contribution in [1.29, 1.82) is 0 Å². The maximum atomic E-state index is 12.7. The van der Waals surface area contributed by atoms with E-state index in [9.17, 15) is 9.59 Å². The molecule has 6 nitrogen and oxygen atoms in total. The topological polar surface area (TPSA) is 67.2 Å². The normalized spacial score (nSPS) is 13.0. The highest BCUT2D eigenvalue weighted by Gasteiger charge is 2.24. The minimum absolute atomic E-state index is 0.0430. The molecule has 2 aromatic carbocycles. The van der Waals surface area contributed by atoms with Gasteiger partial charge in [0, 0.05) is 35.8 Å². The Labute approximate surface area is 154 Å². The van der Waals surface area contributed by atoms with E-state index in [0.717, 1.165) is 15.5 Å². The van der Waals surface area contributed by atoms with Gasteiger partial charge in [-0.15, -0.1) is 0 Å². The molecule has 0 aliphatic carbocycles. The highest BCUT2D eigenvalue weighted by Crippen LogP contribution is 2.41. The second-order valence-corrected chi connectivity index (χ2v) is 7.02. The average Bonchev–Trinajstić information content (AvgIpc) is 3.03. The van der Waals surface area contributed by atoms with Crippen molar-refractivity contribution in [3.05, 3.63) is 66.0 Å². The molecule has 130 valence electrons. The van der Waals surface area contributed by atoms with Gasteiger partial charge in [-0.25, -0.2) is 0 Å². The Hall–Kier alpha value is -3.06. The molecule has 7 heteroatoms. The van der Waals surface area contributed by atoms with Gasteiger partial charge >= 0.3 is 0 Å². The van der Waals surface area contributed by atoms with Crippen molar-refractivity contribution >= 4 is 35.0 Å². The van der Waals surface area contributed by atoms with E-state index >= 15 is 0 Å². The molecule has 0 spiro atoms. The Morgan fingerprint density at radius 2 is 1.88 bits per heavy atom. The molecule has 0 saturated heterocycles. The second-order valence-electron chi connectivity index (χ2n) is 5.94. The van der Waals surface area contributed by atoms with Crippen LogP contribution in [0, 0.1) is 0 Å². The van der Waals surface area contributed by atoms with Crippen LogP contribution in [0.25, 0.3) is 0 Å². The van der Waals surface area contributed by atoms with Gasteiger partial charge < -0.3 is 10.2 Å². The number of fused-ring (bicyclic) bond motifs is 2. The van der Waals surface area contributed by atoms with Crippen LogP contribution in [0.2, 0.25) is 0 Å². The van der Waals surface area contributed by atoms with Gasteiger partial charge in [0.2, 0.25) is 0 Å². The van der Waals surface area contributed by atoms with Crippen LogP contribution < -0.4 is 10.2 Å². The fourth-order valence-corrected chi connectivity index (χ4v) is 4.03. The highest BCUT2D eigenvalue weighted by atomic mass is 32.2. The molecule has 1 N–H and O–H groups in total. The molecule has 4 rings (SSSR count). The van der Waals surface area contributed by atoms with Crippen molar-refractivity contribution in [3.63, 3.8) is 0 Å². The third-order valence-corrected chi connectivity index (χ3v) is 5.40. The van der Waals surface area contributed by atoms with Crippen molar-refractivity contribution in [2.45, 2.75) is 9.79 Å². The van der Waals surface area contributed by atoms with Crippen LogP contribution >= 0.6 is 11.8 Å². The summed E-state index contributed by atoms with van der Waals surface area (Å²) in [5.41, 5.74) is 2.64. The quantitative estimate of drug-likeness (QED) is 0.757. The number of nitrogens with one attached hydrogen (secondary N) is 1. The number of aryl methyl sites for hydroxylation is 1. The maximum Gasteiger partial charge on any atom is 0.273 e. The molecule has 1 aliphatic heterocycles. The lowest BCUT2D eigenvalue weighted by atomic mass is 10.2. The summed E-state index contributed by atoms with van der Waals surface area (Å²) in [4.78, 5) is 28.5. The Bertz CT molecular complexity index is 1030. The third kappa shape index (κ3) is 2.76. The lowest BCUT2D eigenvalue weighted by Gasteiger charge is -2.18. The van der Waals surface area contributed by atoms with Crippen molar-refractivity contribution < 1.29 is 9.59 Å². The van der Waals surface area contributed by atoms with E-state index in [1.807, 2.05) is 36.4 Å². The molecule has 1 aliphatic rings. The summed E-state index contributed by atoms with van der Waals surface area (Å²) in [5.74, 6) is -0.271. The van der Waals surface area contributed by atoms with Crippen molar-refractivity contribution in [3.8, 4) is 0 Å². The maximum absolute atomic E-state index is 12.7. The molecule has 26 heavy (non-hydrogen) atoms. The SMILES string of the molecule is CN1C(=O)c2ccccc2Sc2cc(NC(=O)c3ccnn3C)ccc21. The predicted octanol–water partition coefficient (Wildman–Crippen LogP) is 3.41. The molecule has 1 aromatic heterocycles. The Morgan fingerprint density at radius 3 is 2.65 bits per heavy atom. The molecular formula is C19H16N4O2S. The van der Waals surface area contributed by atoms with Crippen LogP contribution in [0.15, 0.2) is 64.5 Å². The van der Waals surface area contributed by atoms with Gasteiger partial charge in [-0.05, 0) is 36.4 Å². The summed E-state index contributed by atoms with van der Waals surface area (Å²) in [6, 6.07) is 14.7. The predicted molar refractivity (Wildman–Crippen MR) is 101 cm³/mol. The lowest BCUT2D eigenvalue weighted by Crippen LogP contribution is -2.26. The van der Waals surface area contributed by atoms with E-state index in [2.05, 4.69) is 10.4 Å². The molecule has 0 bridgehead atoms. The van der Waals surface area contributed by atoms with Gasteiger partial charge in [-0.1, -0.05) is 23.9 Å². The van der Waals surface area contributed by atoms with Gasteiger partial charge in [0.1, 0.15) is 5.69 Å². The fraction of sp³-hybridized carbons (Fsp3) is 0.105. The van der Waals surface area contributed by atoms with Crippen LogP contribution in [-0.4, -0.2) is 28.6 Å². The smallest absolute Gasteiger partial charge is 0.273 e. The highest BCUT2D eigenvalue weighted by molar-refractivity contribution is 7.99. The number of carbonyl (C=O) groups is 2. The second kappa shape index (κ2) is 6.34. The van der Waals surface area contributed by atoms with Crippen LogP contribution in [0.1, 0.15) is 20.8 Å². The summed E-state index contributed by atoms with van der Waals surface area (Å²) in [5, 5.41) is 6.90. The van der Waals surface area contributed by atoms with E-state index in [0.29, 0.717) is 16.9 Å². The molecule has 0 radical (unpaired) electrons. The van der Waals surface area contributed by atoms with Gasteiger partial charge in [-0.3, -0.25) is 14.3 Å². The van der Waals surface area contributed by atoms with Gasteiger partial charge in [0.15, 0.2) is 0 Å². The molecular weight excluding hydrogens is 348 g/mol. The van der Waals surface area contributed by atoms with Crippen LogP contribution in [-0.2, 0) is 7.05 Å². The van der Waals surface area contributed by atoms with Crippen molar-refractivity contribution in [1.82, 2.24) is 9.78 Å². The molecule has 2 heterocycles. The first-order valence-electron chi connectivity index (χ1n) is 8.03. The van der Waals surface area contributed by atoms with Gasteiger partial charge in [0.05, 0.1) is 11.3 Å². The molecule has 2 amide bonds. The Morgan fingerprint density at radius 1 is 1.08 bits per heavy atom. The lowest BCUT2D eigenvalue weighted by molar-refractivity contribution is 0.0987. The number of aromatic nitrogens is 2. The zero-order valence-corrected chi connectivity index (χ0v) is 15.1. The first-order valence-corrected chi connectivity index (χ1v) is 8.84.